The normalized spacial score (nSPS) is 12.8. The molecule has 3 aromatic rings. The van der Waals surface area contributed by atoms with E-state index in [1.54, 1.807) is 19.2 Å². The van der Waals surface area contributed by atoms with Gasteiger partial charge in [0.15, 0.2) is 11.6 Å². The number of benzene rings is 1. The number of primary amides is 1. The number of nitrogens with two attached hydrogens (primary N) is 1. The molecule has 0 unspecified atom stereocenters. The van der Waals surface area contributed by atoms with E-state index in [1.165, 1.54) is 35.5 Å². The summed E-state index contributed by atoms with van der Waals surface area (Å²) < 4.78 is 19.0. The minimum absolute atomic E-state index is 0.00132. The van der Waals surface area contributed by atoms with Gasteiger partial charge in [-0.3, -0.25) is 14.5 Å². The molecule has 3 heterocycles. The van der Waals surface area contributed by atoms with Crippen LogP contribution in [0.1, 0.15) is 22.6 Å². The Morgan fingerprint density at radius 2 is 2.06 bits per heavy atom. The highest BCUT2D eigenvalue weighted by atomic mass is 35.5. The molecular weight excluding hydrogens is 441 g/mol. The number of hydrogen-bond donors (Lipinski definition) is 2. The van der Waals surface area contributed by atoms with Gasteiger partial charge in [0.25, 0.3) is 5.91 Å². The average molecular weight is 460 g/mol. The number of halogens is 2. The van der Waals surface area contributed by atoms with E-state index in [2.05, 4.69) is 15.0 Å². The van der Waals surface area contributed by atoms with Gasteiger partial charge in [0.05, 0.1) is 30.4 Å². The highest BCUT2D eigenvalue weighted by Gasteiger charge is 2.21. The van der Waals surface area contributed by atoms with Crippen LogP contribution < -0.4 is 15.4 Å². The first-order valence-corrected chi connectivity index (χ1v) is 9.76. The third-order valence-electron chi connectivity index (χ3n) is 4.45. The number of aliphatic hydroxyl groups is 1. The fourth-order valence-corrected chi connectivity index (χ4v) is 2.98. The van der Waals surface area contributed by atoms with Crippen LogP contribution in [0.5, 0.6) is 5.75 Å². The number of amides is 2. The fraction of sp³-hybridized carbons (Fsp3) is 0.190. The van der Waals surface area contributed by atoms with Crippen LogP contribution in [-0.2, 0) is 11.4 Å². The predicted molar refractivity (Wildman–Crippen MR) is 115 cm³/mol. The minimum Gasteiger partial charge on any atom is -0.489 e. The second-order valence-electron chi connectivity index (χ2n) is 6.60. The first-order valence-electron chi connectivity index (χ1n) is 9.38. The number of fused-ring (bicyclic) bond motifs is 1. The zero-order valence-electron chi connectivity index (χ0n) is 17.0. The Kier molecular flexibility index (Phi) is 7.29. The molecule has 32 heavy (non-hydrogen) atoms. The van der Waals surface area contributed by atoms with Gasteiger partial charge in [0, 0.05) is 36.6 Å². The average Bonchev–Trinajstić information content (AvgIpc) is 2.92. The molecule has 1 aliphatic rings. The van der Waals surface area contributed by atoms with Crippen molar-refractivity contribution in [3.05, 3.63) is 65.0 Å². The van der Waals surface area contributed by atoms with E-state index in [-0.39, 0.29) is 29.6 Å². The third kappa shape index (κ3) is 5.16. The molecule has 166 valence electrons. The first-order chi connectivity index (χ1) is 15.3. The van der Waals surface area contributed by atoms with Crippen LogP contribution in [0, 0.1) is 5.82 Å². The van der Waals surface area contributed by atoms with Gasteiger partial charge < -0.3 is 15.6 Å². The van der Waals surface area contributed by atoms with Crippen molar-refractivity contribution in [3.8, 4) is 17.0 Å². The van der Waals surface area contributed by atoms with Crippen LogP contribution in [0.3, 0.4) is 0 Å². The molecule has 2 amide bonds. The van der Waals surface area contributed by atoms with Crippen molar-refractivity contribution in [2.45, 2.75) is 13.0 Å². The number of carbonyl (C=O) groups is 2. The monoisotopic (exact) mass is 459 g/mol. The molecule has 0 radical (unpaired) electrons. The molecule has 0 saturated carbocycles. The molecule has 0 bridgehead atoms. The summed E-state index contributed by atoms with van der Waals surface area (Å²) in [5.41, 5.74) is 5.75. The van der Waals surface area contributed by atoms with Gasteiger partial charge in [-0.05, 0) is 12.1 Å². The van der Waals surface area contributed by atoms with E-state index in [9.17, 15) is 19.1 Å². The summed E-state index contributed by atoms with van der Waals surface area (Å²) in [6, 6.07) is 7.60. The maximum absolute atomic E-state index is 13.7. The van der Waals surface area contributed by atoms with Crippen molar-refractivity contribution >= 4 is 29.2 Å². The number of anilines is 1. The Morgan fingerprint density at radius 3 is 2.75 bits per heavy atom. The molecule has 9 nitrogen and oxygen atoms in total. The van der Waals surface area contributed by atoms with Gasteiger partial charge >= 0.3 is 0 Å². The van der Waals surface area contributed by atoms with E-state index < -0.39 is 11.7 Å². The zero-order chi connectivity index (χ0) is 23.3. The largest absolute Gasteiger partial charge is 0.489 e. The fourth-order valence-electron chi connectivity index (χ4n) is 2.83. The first kappa shape index (κ1) is 23.0. The quantitative estimate of drug-likeness (QED) is 0.614. The molecule has 0 saturated heterocycles. The molecule has 0 fully saturated rings. The van der Waals surface area contributed by atoms with Crippen molar-refractivity contribution in [2.24, 2.45) is 5.73 Å². The SMILES string of the molecule is CN1C(=O)CCOc2cc(Cl)cnc21.NC(=O)c1ncc(CO)c(-c2ccccc2F)n1. The maximum Gasteiger partial charge on any atom is 0.286 e. The molecule has 2 aromatic heterocycles. The van der Waals surface area contributed by atoms with Crippen molar-refractivity contribution in [3.63, 3.8) is 0 Å². The van der Waals surface area contributed by atoms with Gasteiger partial charge in [0.2, 0.25) is 11.7 Å². The summed E-state index contributed by atoms with van der Waals surface area (Å²) in [5.74, 6) is -0.440. The molecule has 0 spiro atoms. The number of aliphatic hydroxyl groups excluding tert-OH is 1. The summed E-state index contributed by atoms with van der Waals surface area (Å²) in [7, 11) is 1.68. The van der Waals surface area contributed by atoms with E-state index >= 15 is 0 Å². The van der Waals surface area contributed by atoms with Crippen LogP contribution in [0.15, 0.2) is 42.7 Å². The van der Waals surface area contributed by atoms with Crippen molar-refractivity contribution in [2.75, 3.05) is 18.6 Å². The van der Waals surface area contributed by atoms with Crippen molar-refractivity contribution < 1.29 is 23.8 Å². The third-order valence-corrected chi connectivity index (χ3v) is 4.66. The predicted octanol–water partition coefficient (Wildman–Crippen LogP) is 2.35. The Bertz CT molecular complexity index is 1160. The number of rotatable bonds is 3. The lowest BCUT2D eigenvalue weighted by atomic mass is 10.1. The van der Waals surface area contributed by atoms with Gasteiger partial charge in [-0.25, -0.2) is 19.3 Å². The summed E-state index contributed by atoms with van der Waals surface area (Å²) in [6.45, 7) is 0.0148. The molecule has 0 atom stereocenters. The molecule has 1 aromatic carbocycles. The Balaban J connectivity index is 0.000000186. The summed E-state index contributed by atoms with van der Waals surface area (Å²) in [6.07, 6.45) is 3.12. The standard InChI is InChI=1S/C12H10FN3O2.C9H9ClN2O2/c13-9-4-2-1-3-8(9)10-7(6-17)5-15-12(16-10)11(14)18;1-12-8(13)2-3-14-7-4-6(10)5-11-9(7)12/h1-5,17H,6H2,(H2,14,18);4-5H,2-3H2,1H3. The second-order valence-corrected chi connectivity index (χ2v) is 7.03. The van der Waals surface area contributed by atoms with Crippen LogP contribution >= 0.6 is 11.6 Å². The van der Waals surface area contributed by atoms with Gasteiger partial charge in [-0.2, -0.15) is 0 Å². The van der Waals surface area contributed by atoms with Gasteiger partial charge in [-0.1, -0.05) is 23.7 Å². The molecule has 4 rings (SSSR count). The number of nitrogens with zero attached hydrogens (tertiary/aromatic N) is 4. The topological polar surface area (TPSA) is 132 Å². The number of pyridine rings is 1. The molecule has 1 aliphatic heterocycles. The Labute approximate surface area is 187 Å². The minimum atomic E-state index is -0.808. The second kappa shape index (κ2) is 10.1. The zero-order valence-corrected chi connectivity index (χ0v) is 17.7. The van der Waals surface area contributed by atoms with E-state index in [1.807, 2.05) is 0 Å². The Morgan fingerprint density at radius 1 is 1.31 bits per heavy atom. The van der Waals surface area contributed by atoms with Gasteiger partial charge in [-0.15, -0.1) is 0 Å². The maximum atomic E-state index is 13.7. The lowest BCUT2D eigenvalue weighted by Crippen LogP contribution is -2.25. The van der Waals surface area contributed by atoms with E-state index in [4.69, 9.17) is 22.1 Å². The molecule has 3 N–H and O–H groups in total. The van der Waals surface area contributed by atoms with Crippen molar-refractivity contribution in [1.82, 2.24) is 15.0 Å². The molecule has 11 heteroatoms. The summed E-state index contributed by atoms with van der Waals surface area (Å²) in [4.78, 5) is 35.6. The van der Waals surface area contributed by atoms with E-state index in [0.717, 1.165) is 0 Å². The highest BCUT2D eigenvalue weighted by Crippen LogP contribution is 2.30. The smallest absolute Gasteiger partial charge is 0.286 e. The molecular formula is C21H19ClFN5O4. The number of hydrogen-bond acceptors (Lipinski definition) is 7. The van der Waals surface area contributed by atoms with Crippen LogP contribution in [0.25, 0.3) is 11.3 Å². The lowest BCUT2D eigenvalue weighted by molar-refractivity contribution is -0.118. The molecule has 0 aliphatic carbocycles. The van der Waals surface area contributed by atoms with Gasteiger partial charge in [0.1, 0.15) is 5.82 Å². The summed E-state index contributed by atoms with van der Waals surface area (Å²) >= 11 is 5.77. The number of aromatic nitrogens is 3. The van der Waals surface area contributed by atoms with Crippen LogP contribution in [0.2, 0.25) is 5.02 Å². The van der Waals surface area contributed by atoms with Crippen LogP contribution in [-0.4, -0.2) is 45.5 Å². The highest BCUT2D eigenvalue weighted by molar-refractivity contribution is 6.30. The van der Waals surface area contributed by atoms with E-state index in [0.29, 0.717) is 35.2 Å². The van der Waals surface area contributed by atoms with Crippen molar-refractivity contribution in [1.29, 1.82) is 0 Å². The number of carbonyl (C=O) groups excluding carboxylic acids is 2. The number of ether oxygens (including phenoxy) is 1. The van der Waals surface area contributed by atoms with Crippen LogP contribution in [0.4, 0.5) is 10.2 Å². The lowest BCUT2D eigenvalue weighted by Gasteiger charge is -2.14. The summed E-state index contributed by atoms with van der Waals surface area (Å²) in [5, 5.41) is 9.69. The Hall–Kier alpha value is -3.63.